The molecular weight excluding hydrogens is 323 g/mol. The smallest absolute Gasteiger partial charge is 0.315 e. The lowest BCUT2D eigenvalue weighted by Gasteiger charge is -2.27. The van der Waals surface area contributed by atoms with E-state index in [0.717, 1.165) is 0 Å². The number of halogens is 1. The Hall–Kier alpha value is -2.41. The molecule has 0 saturated heterocycles. The Bertz CT molecular complexity index is 701. The Labute approximate surface area is 147 Å². The summed E-state index contributed by atoms with van der Waals surface area (Å²) in [5.41, 5.74) is 0.793. The van der Waals surface area contributed by atoms with E-state index in [9.17, 15) is 9.18 Å². The van der Waals surface area contributed by atoms with Gasteiger partial charge in [-0.1, -0.05) is 6.07 Å². The fourth-order valence-electron chi connectivity index (χ4n) is 2.60. The molecule has 7 heteroatoms. The molecule has 2 aromatic rings. The highest BCUT2D eigenvalue weighted by Crippen LogP contribution is 2.16. The second-order valence-corrected chi connectivity index (χ2v) is 6.65. The average Bonchev–Trinajstić information content (AvgIpc) is 3.06. The molecule has 25 heavy (non-hydrogen) atoms. The maximum Gasteiger partial charge on any atom is 0.315 e. The number of amides is 2. The van der Waals surface area contributed by atoms with Gasteiger partial charge >= 0.3 is 6.03 Å². The van der Waals surface area contributed by atoms with Crippen LogP contribution in [0.5, 0.6) is 0 Å². The molecule has 0 aliphatic carbocycles. The lowest BCUT2D eigenvalue weighted by atomic mass is 10.00. The molecule has 2 amide bonds. The monoisotopic (exact) mass is 348 g/mol. The van der Waals surface area contributed by atoms with E-state index in [2.05, 4.69) is 15.6 Å². The first kappa shape index (κ1) is 18.9. The Morgan fingerprint density at radius 3 is 2.80 bits per heavy atom. The maximum atomic E-state index is 14.2. The lowest BCUT2D eigenvalue weighted by molar-refractivity contribution is 0.00950. The minimum absolute atomic E-state index is 0.0460. The van der Waals surface area contributed by atoms with Gasteiger partial charge in [0.05, 0.1) is 17.6 Å². The highest BCUT2D eigenvalue weighted by Gasteiger charge is 2.21. The number of benzene rings is 1. The number of nitrogens with zero attached hydrogens (tertiary/aromatic N) is 2. The maximum absolute atomic E-state index is 14.2. The minimum Gasteiger partial charge on any atom is -0.379 e. The molecule has 1 aromatic carbocycles. The molecule has 1 atom stereocenters. The summed E-state index contributed by atoms with van der Waals surface area (Å²) in [5.74, 6) is -0.368. The van der Waals surface area contributed by atoms with Crippen LogP contribution in [-0.4, -0.2) is 34.3 Å². The Morgan fingerprint density at radius 2 is 2.20 bits per heavy atom. The number of carbonyl (C=O) groups excluding carboxylic acids is 1. The number of methoxy groups -OCH3 is 1. The summed E-state index contributed by atoms with van der Waals surface area (Å²) in [6.07, 6.45) is 5.48. The fourth-order valence-corrected chi connectivity index (χ4v) is 2.60. The summed E-state index contributed by atoms with van der Waals surface area (Å²) >= 11 is 0. The van der Waals surface area contributed by atoms with Gasteiger partial charge in [0, 0.05) is 32.1 Å². The van der Waals surface area contributed by atoms with Gasteiger partial charge in [0.1, 0.15) is 5.82 Å². The van der Waals surface area contributed by atoms with Crippen LogP contribution in [0.1, 0.15) is 32.8 Å². The van der Waals surface area contributed by atoms with E-state index in [1.807, 2.05) is 20.8 Å². The molecule has 2 N–H and O–H groups in total. The fraction of sp³-hybridized carbons (Fsp3) is 0.444. The van der Waals surface area contributed by atoms with Crippen LogP contribution in [0.3, 0.4) is 0 Å². The predicted octanol–water partition coefficient (Wildman–Crippen LogP) is 3.01. The van der Waals surface area contributed by atoms with E-state index in [-0.39, 0.29) is 30.0 Å². The minimum atomic E-state index is -0.368. The molecule has 1 aromatic heterocycles. The number of ether oxygens (including phenoxy) is 1. The van der Waals surface area contributed by atoms with Crippen LogP contribution in [-0.2, 0) is 11.3 Å². The van der Waals surface area contributed by atoms with Gasteiger partial charge in [0.15, 0.2) is 0 Å². The number of rotatable bonds is 7. The summed E-state index contributed by atoms with van der Waals surface area (Å²) in [4.78, 5) is 15.9. The van der Waals surface area contributed by atoms with Crippen molar-refractivity contribution >= 4 is 6.03 Å². The van der Waals surface area contributed by atoms with Crippen molar-refractivity contribution in [1.82, 2.24) is 20.2 Å². The molecule has 0 fully saturated rings. The number of nitrogens with one attached hydrogen (secondary N) is 2. The Morgan fingerprint density at radius 1 is 1.44 bits per heavy atom. The Balaban J connectivity index is 1.87. The van der Waals surface area contributed by atoms with Gasteiger partial charge in [-0.05, 0) is 44.9 Å². The van der Waals surface area contributed by atoms with Crippen LogP contribution in [0, 0.1) is 5.82 Å². The molecule has 0 aliphatic heterocycles. The number of hydrogen-bond donors (Lipinski definition) is 2. The van der Waals surface area contributed by atoms with Crippen LogP contribution in [0.2, 0.25) is 0 Å². The molecule has 2 rings (SSSR count). The van der Waals surface area contributed by atoms with Crippen molar-refractivity contribution in [3.05, 3.63) is 48.3 Å². The van der Waals surface area contributed by atoms with Crippen LogP contribution in [0.4, 0.5) is 9.18 Å². The second-order valence-electron chi connectivity index (χ2n) is 6.65. The van der Waals surface area contributed by atoms with Gasteiger partial charge in [-0.3, -0.25) is 0 Å². The summed E-state index contributed by atoms with van der Waals surface area (Å²) in [7, 11) is 1.65. The molecule has 0 bridgehead atoms. The van der Waals surface area contributed by atoms with Crippen molar-refractivity contribution in [3.8, 4) is 5.69 Å². The van der Waals surface area contributed by atoms with E-state index in [1.54, 1.807) is 36.2 Å². The standard InChI is InChI=1S/C18H25FN4O2/c1-13(10-18(2,3)25-4)22-17(24)21-11-14-5-6-16(15(19)9-14)23-8-7-20-12-23/h5-9,12-13H,10-11H2,1-4H3,(H2,21,22,24)/t13-/m1/s1. The van der Waals surface area contributed by atoms with Crippen LogP contribution < -0.4 is 10.6 Å². The van der Waals surface area contributed by atoms with Gasteiger partial charge in [0.25, 0.3) is 0 Å². The van der Waals surface area contributed by atoms with Gasteiger partial charge in [-0.15, -0.1) is 0 Å². The first-order valence-electron chi connectivity index (χ1n) is 8.17. The van der Waals surface area contributed by atoms with Crippen molar-refractivity contribution in [2.75, 3.05) is 7.11 Å². The molecule has 0 radical (unpaired) electrons. The molecule has 0 aliphatic rings. The van der Waals surface area contributed by atoms with Gasteiger partial charge in [0.2, 0.25) is 0 Å². The third-order valence-corrected chi connectivity index (χ3v) is 3.98. The quantitative estimate of drug-likeness (QED) is 0.808. The SMILES string of the molecule is COC(C)(C)C[C@@H](C)NC(=O)NCc1ccc(-n2ccnc2)c(F)c1. The lowest BCUT2D eigenvalue weighted by Crippen LogP contribution is -2.43. The van der Waals surface area contributed by atoms with Gasteiger partial charge < -0.3 is 19.9 Å². The number of hydrogen-bond acceptors (Lipinski definition) is 3. The molecule has 0 unspecified atom stereocenters. The zero-order chi connectivity index (χ0) is 18.4. The number of urea groups is 1. The van der Waals surface area contributed by atoms with E-state index >= 15 is 0 Å². The third-order valence-electron chi connectivity index (χ3n) is 3.98. The number of imidazole rings is 1. The third kappa shape index (κ3) is 5.56. The summed E-state index contributed by atoms with van der Waals surface area (Å²) in [5, 5.41) is 5.59. The van der Waals surface area contributed by atoms with Crippen LogP contribution >= 0.6 is 0 Å². The summed E-state index contributed by atoms with van der Waals surface area (Å²) < 4.78 is 21.1. The largest absolute Gasteiger partial charge is 0.379 e. The molecule has 0 spiro atoms. The molecular formula is C18H25FN4O2. The zero-order valence-electron chi connectivity index (χ0n) is 15.0. The second kappa shape index (κ2) is 8.11. The summed E-state index contributed by atoms with van der Waals surface area (Å²) in [6.45, 7) is 6.09. The number of aromatic nitrogens is 2. The van der Waals surface area contributed by atoms with E-state index < -0.39 is 0 Å². The van der Waals surface area contributed by atoms with Crippen molar-refractivity contribution in [3.63, 3.8) is 0 Å². The van der Waals surface area contributed by atoms with E-state index in [0.29, 0.717) is 17.7 Å². The topological polar surface area (TPSA) is 68.2 Å². The van der Waals surface area contributed by atoms with Crippen LogP contribution in [0.15, 0.2) is 36.9 Å². The van der Waals surface area contributed by atoms with Crippen molar-refractivity contribution in [2.24, 2.45) is 0 Å². The predicted molar refractivity (Wildman–Crippen MR) is 94.1 cm³/mol. The van der Waals surface area contributed by atoms with Gasteiger partial charge in [-0.25, -0.2) is 14.2 Å². The number of carbonyl (C=O) groups is 1. The highest BCUT2D eigenvalue weighted by atomic mass is 19.1. The average molecular weight is 348 g/mol. The van der Waals surface area contributed by atoms with Crippen molar-refractivity contribution in [2.45, 2.75) is 45.4 Å². The van der Waals surface area contributed by atoms with Crippen molar-refractivity contribution < 1.29 is 13.9 Å². The van der Waals surface area contributed by atoms with E-state index in [1.165, 1.54) is 12.4 Å². The normalized spacial score (nSPS) is 12.7. The molecule has 136 valence electrons. The zero-order valence-corrected chi connectivity index (χ0v) is 15.0. The Kier molecular flexibility index (Phi) is 6.14. The highest BCUT2D eigenvalue weighted by molar-refractivity contribution is 5.74. The molecule has 1 heterocycles. The molecule has 6 nitrogen and oxygen atoms in total. The summed E-state index contributed by atoms with van der Waals surface area (Å²) in [6, 6.07) is 4.51. The molecule has 0 saturated carbocycles. The first-order valence-corrected chi connectivity index (χ1v) is 8.17. The first-order chi connectivity index (χ1) is 11.8. The van der Waals surface area contributed by atoms with E-state index in [4.69, 9.17) is 4.74 Å². The van der Waals surface area contributed by atoms with Gasteiger partial charge in [-0.2, -0.15) is 0 Å². The van der Waals surface area contributed by atoms with Crippen LogP contribution in [0.25, 0.3) is 5.69 Å². The van der Waals surface area contributed by atoms with Crippen molar-refractivity contribution in [1.29, 1.82) is 0 Å².